The largest absolute Gasteiger partial charge is 0.382 e. The highest BCUT2D eigenvalue weighted by Gasteiger charge is 2.37. The van der Waals surface area contributed by atoms with Crippen molar-refractivity contribution in [2.45, 2.75) is 123 Å². The number of carbonyl (C=O) groups is 6. The van der Waals surface area contributed by atoms with Crippen molar-refractivity contribution < 1.29 is 66.7 Å². The average Bonchev–Trinajstić information content (AvgIpc) is 3.58. The SMILES string of the molecule is CC.CCCCCNC(=O)CCOCCOCCN(C(=O)CCOCCOCCC(=O)NCCCC)C1CCN(C(=O)CCN2C(=O)CC(S)C2=O)CC1.CCOCCOCCOCCOC. The molecule has 0 bridgehead atoms. The van der Waals surface area contributed by atoms with E-state index in [2.05, 4.69) is 37.1 Å². The van der Waals surface area contributed by atoms with E-state index in [0.29, 0.717) is 144 Å². The molecular formula is C47H89N5O14S. The fourth-order valence-electron chi connectivity index (χ4n) is 6.55. The molecule has 0 aromatic heterocycles. The van der Waals surface area contributed by atoms with Crippen molar-refractivity contribution in [2.24, 2.45) is 0 Å². The Morgan fingerprint density at radius 1 is 0.627 bits per heavy atom. The van der Waals surface area contributed by atoms with E-state index in [4.69, 9.17) is 37.9 Å². The highest BCUT2D eigenvalue weighted by Crippen LogP contribution is 2.21. The molecule has 2 rings (SSSR count). The van der Waals surface area contributed by atoms with Crippen LogP contribution in [0.1, 0.15) is 112 Å². The Bertz CT molecular complexity index is 1270. The molecule has 1 unspecified atom stereocenters. The van der Waals surface area contributed by atoms with Gasteiger partial charge in [-0.25, -0.2) is 0 Å². The van der Waals surface area contributed by atoms with Gasteiger partial charge in [-0.3, -0.25) is 33.7 Å². The minimum Gasteiger partial charge on any atom is -0.382 e. The van der Waals surface area contributed by atoms with Crippen molar-refractivity contribution in [1.82, 2.24) is 25.3 Å². The summed E-state index contributed by atoms with van der Waals surface area (Å²) >= 11 is 4.14. The van der Waals surface area contributed by atoms with Crippen molar-refractivity contribution in [1.29, 1.82) is 0 Å². The number of hydrogen-bond acceptors (Lipinski definition) is 15. The molecule has 2 heterocycles. The summed E-state index contributed by atoms with van der Waals surface area (Å²) in [6.07, 6.45) is 7.17. The zero-order chi connectivity index (χ0) is 49.8. The molecule has 2 aliphatic heterocycles. The molecule has 0 saturated carbocycles. The predicted octanol–water partition coefficient (Wildman–Crippen LogP) is 3.44. The van der Waals surface area contributed by atoms with Crippen LogP contribution in [-0.4, -0.2) is 207 Å². The molecular weight excluding hydrogens is 891 g/mol. The first-order chi connectivity index (χ1) is 32.6. The summed E-state index contributed by atoms with van der Waals surface area (Å²) in [6, 6.07) is -0.0919. The molecule has 6 amide bonds. The number of rotatable bonds is 39. The predicted molar refractivity (Wildman–Crippen MR) is 259 cm³/mol. The van der Waals surface area contributed by atoms with Gasteiger partial charge in [0.1, 0.15) is 0 Å². The summed E-state index contributed by atoms with van der Waals surface area (Å²) in [7, 11) is 1.65. The van der Waals surface area contributed by atoms with Crippen molar-refractivity contribution in [3.05, 3.63) is 0 Å². The normalized spacial score (nSPS) is 14.9. The molecule has 2 fully saturated rings. The topological polar surface area (TPSA) is 210 Å². The highest BCUT2D eigenvalue weighted by molar-refractivity contribution is 7.81. The summed E-state index contributed by atoms with van der Waals surface area (Å²) in [5.74, 6) is -0.940. The van der Waals surface area contributed by atoms with Crippen LogP contribution in [0.2, 0.25) is 0 Å². The van der Waals surface area contributed by atoms with Crippen LogP contribution in [0.5, 0.6) is 0 Å². The van der Waals surface area contributed by atoms with Crippen molar-refractivity contribution in [3.63, 3.8) is 0 Å². The van der Waals surface area contributed by atoms with Gasteiger partial charge in [0.2, 0.25) is 35.4 Å². The number of imide groups is 1. The second-order valence-electron chi connectivity index (χ2n) is 15.4. The van der Waals surface area contributed by atoms with Gasteiger partial charge in [-0.15, -0.1) is 0 Å². The van der Waals surface area contributed by atoms with Crippen LogP contribution in [0.15, 0.2) is 0 Å². The lowest BCUT2D eigenvalue weighted by atomic mass is 10.0. The van der Waals surface area contributed by atoms with Crippen molar-refractivity contribution in [2.75, 3.05) is 145 Å². The molecule has 392 valence electrons. The van der Waals surface area contributed by atoms with Gasteiger partial charge in [0.25, 0.3) is 0 Å². The maximum atomic E-state index is 13.4. The molecule has 2 aliphatic rings. The molecule has 2 saturated heterocycles. The van der Waals surface area contributed by atoms with Gasteiger partial charge < -0.3 is 58.3 Å². The number of ether oxygens (including phenoxy) is 8. The number of methoxy groups -OCH3 is 1. The van der Waals surface area contributed by atoms with Gasteiger partial charge in [-0.1, -0.05) is 47.0 Å². The van der Waals surface area contributed by atoms with Gasteiger partial charge in [-0.2, -0.15) is 12.6 Å². The van der Waals surface area contributed by atoms with Gasteiger partial charge in [0, 0.05) is 84.7 Å². The van der Waals surface area contributed by atoms with Crippen LogP contribution in [0.4, 0.5) is 0 Å². The van der Waals surface area contributed by atoms with E-state index in [0.717, 1.165) is 43.6 Å². The number of nitrogens with one attached hydrogen (secondary N) is 2. The maximum Gasteiger partial charge on any atom is 0.242 e. The molecule has 0 aromatic carbocycles. The summed E-state index contributed by atoms with van der Waals surface area (Å²) in [5, 5.41) is 5.09. The van der Waals surface area contributed by atoms with Gasteiger partial charge in [0.15, 0.2) is 0 Å². The van der Waals surface area contributed by atoms with Crippen LogP contribution in [-0.2, 0) is 66.7 Å². The minimum atomic E-state index is -0.644. The van der Waals surface area contributed by atoms with E-state index >= 15 is 0 Å². The van der Waals surface area contributed by atoms with E-state index in [-0.39, 0.29) is 73.9 Å². The van der Waals surface area contributed by atoms with Crippen LogP contribution in [0, 0.1) is 0 Å². The molecule has 0 aromatic rings. The summed E-state index contributed by atoms with van der Waals surface area (Å²) in [6.45, 7) is 19.8. The number of thiol groups is 1. The molecule has 0 aliphatic carbocycles. The fourth-order valence-corrected chi connectivity index (χ4v) is 6.85. The number of amides is 6. The second-order valence-corrected chi connectivity index (χ2v) is 16.1. The Labute approximate surface area is 407 Å². The van der Waals surface area contributed by atoms with Gasteiger partial charge >= 0.3 is 0 Å². The Morgan fingerprint density at radius 2 is 1.10 bits per heavy atom. The number of piperidine rings is 1. The lowest BCUT2D eigenvalue weighted by Gasteiger charge is -2.39. The van der Waals surface area contributed by atoms with Gasteiger partial charge in [0.05, 0.1) is 104 Å². The molecule has 0 radical (unpaired) electrons. The second kappa shape index (κ2) is 45.5. The zero-order valence-electron chi connectivity index (χ0n) is 42.0. The molecule has 67 heavy (non-hydrogen) atoms. The van der Waals surface area contributed by atoms with Crippen molar-refractivity contribution >= 4 is 48.1 Å². The van der Waals surface area contributed by atoms with Crippen LogP contribution in [0.3, 0.4) is 0 Å². The third-order valence-corrected chi connectivity index (χ3v) is 10.7. The Balaban J connectivity index is 0.00000249. The van der Waals surface area contributed by atoms with Crippen molar-refractivity contribution in [3.8, 4) is 0 Å². The Morgan fingerprint density at radius 3 is 1.60 bits per heavy atom. The average molecular weight is 980 g/mol. The van der Waals surface area contributed by atoms with E-state index in [1.807, 2.05) is 20.8 Å². The summed E-state index contributed by atoms with van der Waals surface area (Å²) in [5.41, 5.74) is 0. The standard InChI is InChI=1S/C36H63N5O10S.C9H20O4.C2H6/c1-3-5-7-15-38-32(43)12-21-49-26-27-51-23-19-40(34(45)13-22-50-25-24-48-20-11-31(42)37-14-6-4-2)29-8-16-39(17-9-29)33(44)10-18-41-35(46)28-30(52)36(41)47;1-3-11-6-7-13-9-8-12-5-4-10-2;1-2/h29-30,52H,3-28H2,1-2H3,(H,37,42)(H,38,43);3-9H2,1-2H3;1-2H3. The first kappa shape index (κ1) is 64.0. The lowest BCUT2D eigenvalue weighted by Crippen LogP contribution is -2.50. The number of unbranched alkanes of at least 4 members (excludes halogenated alkanes) is 3. The molecule has 0 spiro atoms. The quantitative estimate of drug-likeness (QED) is 0.0458. The van der Waals surface area contributed by atoms with Crippen LogP contribution >= 0.6 is 12.6 Å². The van der Waals surface area contributed by atoms with Crippen LogP contribution in [0.25, 0.3) is 0 Å². The molecule has 2 N–H and O–H groups in total. The number of likely N-dealkylation sites (tertiary alicyclic amines) is 2. The lowest BCUT2D eigenvalue weighted by molar-refractivity contribution is -0.140. The first-order valence-electron chi connectivity index (χ1n) is 24.7. The molecule has 19 nitrogen and oxygen atoms in total. The highest BCUT2D eigenvalue weighted by atomic mass is 32.1. The van der Waals surface area contributed by atoms with E-state index in [1.165, 1.54) is 0 Å². The molecule has 20 heteroatoms. The minimum absolute atomic E-state index is 0.0268. The maximum absolute atomic E-state index is 13.4. The van der Waals surface area contributed by atoms with E-state index < -0.39 is 5.25 Å². The monoisotopic (exact) mass is 980 g/mol. The Kier molecular flexibility index (Phi) is 43.5. The first-order valence-corrected chi connectivity index (χ1v) is 25.3. The number of hydrogen-bond donors (Lipinski definition) is 3. The number of carbonyl (C=O) groups excluding carboxylic acids is 6. The molecule has 1 atom stereocenters. The van der Waals surface area contributed by atoms with Crippen LogP contribution < -0.4 is 10.6 Å². The van der Waals surface area contributed by atoms with E-state index in [1.54, 1.807) is 16.9 Å². The summed E-state index contributed by atoms with van der Waals surface area (Å²) in [4.78, 5) is 78.8. The van der Waals surface area contributed by atoms with E-state index in [9.17, 15) is 28.8 Å². The zero-order valence-corrected chi connectivity index (χ0v) is 42.9. The smallest absolute Gasteiger partial charge is 0.242 e. The third-order valence-electron chi connectivity index (χ3n) is 10.3. The fraction of sp³-hybridized carbons (Fsp3) is 0.872. The van der Waals surface area contributed by atoms with Gasteiger partial charge in [-0.05, 0) is 32.6 Å². The third kappa shape index (κ3) is 34.1. The number of nitrogens with zero attached hydrogens (tertiary/aromatic N) is 3. The Hall–Kier alpha value is -2.95. The summed E-state index contributed by atoms with van der Waals surface area (Å²) < 4.78 is 42.8.